The van der Waals surface area contributed by atoms with Crippen molar-refractivity contribution in [2.75, 3.05) is 0 Å². The van der Waals surface area contributed by atoms with Crippen LogP contribution in [0.4, 0.5) is 0 Å². The Hall–Kier alpha value is -1.55. The summed E-state index contributed by atoms with van der Waals surface area (Å²) in [6, 6.07) is 14.5. The molecule has 2 rings (SSSR count). The minimum atomic E-state index is -0.907. The summed E-state index contributed by atoms with van der Waals surface area (Å²) in [5.74, 6) is -0.907. The summed E-state index contributed by atoms with van der Waals surface area (Å²) >= 11 is 6.06. The lowest BCUT2D eigenvalue weighted by molar-refractivity contribution is 0.0697. The van der Waals surface area contributed by atoms with Crippen LogP contribution in [0.5, 0.6) is 0 Å². The predicted molar refractivity (Wildman–Crippen MR) is 82.6 cm³/mol. The van der Waals surface area contributed by atoms with Crippen molar-refractivity contribution < 1.29 is 9.90 Å². The number of halogens is 2. The number of carboxylic acid groups (broad SMARTS) is 1. The average Bonchev–Trinajstić information content (AvgIpc) is 2.41. The third-order valence-electron chi connectivity index (χ3n) is 2.80. The third kappa shape index (κ3) is 4.53. The van der Waals surface area contributed by atoms with Gasteiger partial charge >= 0.3 is 5.97 Å². The SMILES string of the molecule is Cl.O=C(O)c1ccc(CNCc2ccccc2Cl)cc1. The summed E-state index contributed by atoms with van der Waals surface area (Å²) in [7, 11) is 0. The molecular weight excluding hydrogens is 297 g/mol. The van der Waals surface area contributed by atoms with Crippen LogP contribution in [0.2, 0.25) is 5.02 Å². The molecule has 0 fully saturated rings. The molecule has 0 radical (unpaired) electrons. The Morgan fingerprint density at radius 3 is 2.30 bits per heavy atom. The van der Waals surface area contributed by atoms with Crippen LogP contribution >= 0.6 is 24.0 Å². The molecular formula is C15H15Cl2NO2. The molecule has 106 valence electrons. The van der Waals surface area contributed by atoms with Crippen LogP contribution in [0.1, 0.15) is 21.5 Å². The molecule has 0 atom stereocenters. The fourth-order valence-electron chi connectivity index (χ4n) is 1.75. The normalized spacial score (nSPS) is 9.85. The molecule has 5 heteroatoms. The number of benzene rings is 2. The number of nitrogens with one attached hydrogen (secondary N) is 1. The Labute approximate surface area is 129 Å². The molecule has 2 aromatic carbocycles. The smallest absolute Gasteiger partial charge is 0.335 e. The van der Waals surface area contributed by atoms with Crippen molar-refractivity contribution in [3.63, 3.8) is 0 Å². The largest absolute Gasteiger partial charge is 0.478 e. The van der Waals surface area contributed by atoms with E-state index in [0.29, 0.717) is 18.7 Å². The topological polar surface area (TPSA) is 49.3 Å². The van der Waals surface area contributed by atoms with Gasteiger partial charge in [0.15, 0.2) is 0 Å². The monoisotopic (exact) mass is 311 g/mol. The van der Waals surface area contributed by atoms with Gasteiger partial charge in [-0.1, -0.05) is 41.9 Å². The molecule has 0 aliphatic carbocycles. The van der Waals surface area contributed by atoms with Crippen LogP contribution < -0.4 is 5.32 Å². The lowest BCUT2D eigenvalue weighted by Crippen LogP contribution is -2.13. The van der Waals surface area contributed by atoms with Gasteiger partial charge in [0.1, 0.15) is 0 Å². The minimum Gasteiger partial charge on any atom is -0.478 e. The van der Waals surface area contributed by atoms with E-state index in [1.807, 2.05) is 36.4 Å². The number of carbonyl (C=O) groups is 1. The first-order valence-electron chi connectivity index (χ1n) is 5.93. The van der Waals surface area contributed by atoms with Gasteiger partial charge < -0.3 is 10.4 Å². The van der Waals surface area contributed by atoms with Gasteiger partial charge in [0.25, 0.3) is 0 Å². The van der Waals surface area contributed by atoms with Crippen LogP contribution in [0.3, 0.4) is 0 Å². The van der Waals surface area contributed by atoms with Crippen molar-refractivity contribution in [3.05, 3.63) is 70.2 Å². The fourth-order valence-corrected chi connectivity index (χ4v) is 1.95. The molecule has 0 bridgehead atoms. The second-order valence-electron chi connectivity index (χ2n) is 4.20. The fraction of sp³-hybridized carbons (Fsp3) is 0.133. The lowest BCUT2D eigenvalue weighted by atomic mass is 10.1. The van der Waals surface area contributed by atoms with Crippen LogP contribution in [0.25, 0.3) is 0 Å². The lowest BCUT2D eigenvalue weighted by Gasteiger charge is -2.07. The maximum absolute atomic E-state index is 10.7. The molecule has 0 saturated carbocycles. The Bertz CT molecular complexity index is 570. The summed E-state index contributed by atoms with van der Waals surface area (Å²) in [4.78, 5) is 10.7. The number of aromatic carboxylic acids is 1. The van der Waals surface area contributed by atoms with Gasteiger partial charge in [-0.05, 0) is 29.3 Å². The summed E-state index contributed by atoms with van der Waals surface area (Å²) in [6.07, 6.45) is 0. The van der Waals surface area contributed by atoms with Crippen molar-refractivity contribution in [1.82, 2.24) is 5.32 Å². The van der Waals surface area contributed by atoms with Crippen molar-refractivity contribution in [2.24, 2.45) is 0 Å². The Morgan fingerprint density at radius 1 is 1.05 bits per heavy atom. The molecule has 0 aromatic heterocycles. The number of rotatable bonds is 5. The van der Waals surface area contributed by atoms with E-state index in [1.54, 1.807) is 12.1 Å². The molecule has 20 heavy (non-hydrogen) atoms. The van der Waals surface area contributed by atoms with Gasteiger partial charge in [-0.25, -0.2) is 4.79 Å². The van der Waals surface area contributed by atoms with Crippen molar-refractivity contribution in [3.8, 4) is 0 Å². The molecule has 0 unspecified atom stereocenters. The highest BCUT2D eigenvalue weighted by molar-refractivity contribution is 6.31. The molecule has 0 spiro atoms. The number of hydrogen-bond donors (Lipinski definition) is 2. The zero-order chi connectivity index (χ0) is 13.7. The first-order chi connectivity index (χ1) is 9.16. The summed E-state index contributed by atoms with van der Waals surface area (Å²) < 4.78 is 0. The van der Waals surface area contributed by atoms with E-state index in [4.69, 9.17) is 16.7 Å². The molecule has 0 aliphatic rings. The Kier molecular flexibility index (Phi) is 6.52. The number of carboxylic acids is 1. The molecule has 0 amide bonds. The van der Waals surface area contributed by atoms with Crippen molar-refractivity contribution in [2.45, 2.75) is 13.1 Å². The quantitative estimate of drug-likeness (QED) is 0.884. The van der Waals surface area contributed by atoms with Crippen LogP contribution in [0.15, 0.2) is 48.5 Å². The van der Waals surface area contributed by atoms with Gasteiger partial charge in [0, 0.05) is 18.1 Å². The van der Waals surface area contributed by atoms with Crippen LogP contribution in [-0.4, -0.2) is 11.1 Å². The molecule has 2 N–H and O–H groups in total. The van der Waals surface area contributed by atoms with Crippen LogP contribution in [0, 0.1) is 0 Å². The Morgan fingerprint density at radius 2 is 1.70 bits per heavy atom. The predicted octanol–water partition coefficient (Wildman–Crippen LogP) is 3.75. The molecule has 2 aromatic rings. The van der Waals surface area contributed by atoms with Gasteiger partial charge in [0.2, 0.25) is 0 Å². The van der Waals surface area contributed by atoms with E-state index in [-0.39, 0.29) is 12.4 Å². The molecule has 0 aliphatic heterocycles. The van der Waals surface area contributed by atoms with Crippen LogP contribution in [-0.2, 0) is 13.1 Å². The van der Waals surface area contributed by atoms with E-state index in [2.05, 4.69) is 5.32 Å². The minimum absolute atomic E-state index is 0. The first-order valence-corrected chi connectivity index (χ1v) is 6.31. The van der Waals surface area contributed by atoms with Crippen molar-refractivity contribution in [1.29, 1.82) is 0 Å². The zero-order valence-corrected chi connectivity index (χ0v) is 12.2. The van der Waals surface area contributed by atoms with E-state index in [1.165, 1.54) is 0 Å². The maximum atomic E-state index is 10.7. The van der Waals surface area contributed by atoms with Gasteiger partial charge in [-0.15, -0.1) is 12.4 Å². The standard InChI is InChI=1S/C15H14ClNO2.ClH/c16-14-4-2-1-3-13(14)10-17-9-11-5-7-12(8-6-11)15(18)19;/h1-8,17H,9-10H2,(H,18,19);1H. The van der Waals surface area contributed by atoms with Crippen molar-refractivity contribution >= 4 is 30.0 Å². The van der Waals surface area contributed by atoms with Gasteiger partial charge in [-0.2, -0.15) is 0 Å². The molecule has 0 heterocycles. The maximum Gasteiger partial charge on any atom is 0.335 e. The molecule has 0 saturated heterocycles. The summed E-state index contributed by atoms with van der Waals surface area (Å²) in [6.45, 7) is 1.35. The average molecular weight is 312 g/mol. The zero-order valence-electron chi connectivity index (χ0n) is 10.7. The highest BCUT2D eigenvalue weighted by Gasteiger charge is 2.02. The highest BCUT2D eigenvalue weighted by atomic mass is 35.5. The van der Waals surface area contributed by atoms with Gasteiger partial charge in [-0.3, -0.25) is 0 Å². The molecule has 3 nitrogen and oxygen atoms in total. The summed E-state index contributed by atoms with van der Waals surface area (Å²) in [5.41, 5.74) is 2.39. The summed E-state index contributed by atoms with van der Waals surface area (Å²) in [5, 5.41) is 12.8. The van der Waals surface area contributed by atoms with E-state index < -0.39 is 5.97 Å². The van der Waals surface area contributed by atoms with E-state index >= 15 is 0 Å². The second kappa shape index (κ2) is 7.90. The van der Waals surface area contributed by atoms with Gasteiger partial charge in [0.05, 0.1) is 5.56 Å². The van der Waals surface area contributed by atoms with E-state index in [9.17, 15) is 4.79 Å². The highest BCUT2D eigenvalue weighted by Crippen LogP contribution is 2.14. The second-order valence-corrected chi connectivity index (χ2v) is 4.60. The first kappa shape index (κ1) is 16.5. The number of hydrogen-bond acceptors (Lipinski definition) is 2. The Balaban J connectivity index is 0.00000200. The van der Waals surface area contributed by atoms with E-state index in [0.717, 1.165) is 16.1 Å². The third-order valence-corrected chi connectivity index (χ3v) is 3.17.